The van der Waals surface area contributed by atoms with E-state index in [0.717, 1.165) is 146 Å². The van der Waals surface area contributed by atoms with Gasteiger partial charge in [-0.1, -0.05) is 18.2 Å². The molecule has 6 aromatic carbocycles. The molecular weight excluding hydrogens is 1430 g/mol. The largest absolute Gasteiger partial charge is 0.481 e. The molecule has 0 bridgehead atoms. The summed E-state index contributed by atoms with van der Waals surface area (Å²) < 4.78 is 109. The lowest BCUT2D eigenvalue weighted by Gasteiger charge is -2.45. The Morgan fingerprint density at radius 3 is 0.935 bits per heavy atom. The zero-order chi connectivity index (χ0) is 79.2. The molecule has 33 heteroatoms. The third-order valence-electron chi connectivity index (χ3n) is 15.6. The Morgan fingerprint density at radius 2 is 0.565 bits per heavy atom. The molecule has 33 nitrogen and oxygen atoms in total. The standard InChI is InChI=1S/C75H68O33/c1-30(76)91-48-25-57(99-38(9)84)63-58(26-48)106-70(46-17-20-51(93-32(3)78)55(23-46)97-36(7)82)74(104-43(14)89)67(63)65-60(101-40(11)86)29-61(102-41(12)87)66-68(75(105-44(15)90)71(108-73(65)66)47-18-21-52(94-33(4)79)56(24-47)98-37(8)83)64-59(100-39(10)85)28-53(95-34(5)80)49-27-62(103-42(13)88)69(107-72(49)64)45-16-19-50(92-31(2)77)54(22-45)96-35(6)81/h16-26,28-29,62,67-71,74-75H,27H2,1-15H3/t62-,67-,68+,69+,70-,71-,74+,75+/m1/s1. The predicted molar refractivity (Wildman–Crippen MR) is 359 cm³/mol. The van der Waals surface area contributed by atoms with Gasteiger partial charge in [0, 0.05) is 179 Å². The molecule has 9 rings (SSSR count). The summed E-state index contributed by atoms with van der Waals surface area (Å²) in [6.07, 6.45) is -11.7. The first-order chi connectivity index (χ1) is 50.8. The molecule has 566 valence electrons. The van der Waals surface area contributed by atoms with Gasteiger partial charge in [-0.15, -0.1) is 0 Å². The van der Waals surface area contributed by atoms with Crippen molar-refractivity contribution in [2.24, 2.45) is 0 Å². The smallest absolute Gasteiger partial charge is 0.308 e. The van der Waals surface area contributed by atoms with Crippen LogP contribution in [0.2, 0.25) is 0 Å². The lowest BCUT2D eigenvalue weighted by atomic mass is 9.73. The van der Waals surface area contributed by atoms with Crippen molar-refractivity contribution >= 4 is 89.5 Å². The third-order valence-corrected chi connectivity index (χ3v) is 15.6. The Hall–Kier alpha value is -13.2. The summed E-state index contributed by atoms with van der Waals surface area (Å²) in [5.41, 5.74) is -2.38. The van der Waals surface area contributed by atoms with Crippen LogP contribution in [-0.4, -0.2) is 108 Å². The highest BCUT2D eigenvalue weighted by Crippen LogP contribution is 2.64. The van der Waals surface area contributed by atoms with Gasteiger partial charge in [-0.05, 0) is 36.4 Å². The van der Waals surface area contributed by atoms with E-state index in [2.05, 4.69) is 0 Å². The summed E-state index contributed by atoms with van der Waals surface area (Å²) in [5.74, 6) is -26.3. The second-order valence-corrected chi connectivity index (χ2v) is 24.3. The molecule has 6 aromatic rings. The first-order valence-electron chi connectivity index (χ1n) is 32.6. The first kappa shape index (κ1) is 78.9. The highest BCUT2D eigenvalue weighted by Gasteiger charge is 2.55. The maximum atomic E-state index is 14.4. The average Bonchev–Trinajstić information content (AvgIpc) is 0.703. The van der Waals surface area contributed by atoms with Gasteiger partial charge in [0.15, 0.2) is 65.0 Å². The minimum atomic E-state index is -2.10. The zero-order valence-electron chi connectivity index (χ0n) is 60.3. The van der Waals surface area contributed by atoms with Gasteiger partial charge in [-0.3, -0.25) is 71.9 Å². The number of benzene rings is 6. The highest BCUT2D eigenvalue weighted by molar-refractivity contribution is 5.83. The maximum absolute atomic E-state index is 14.4. The normalized spacial score (nSPS) is 17.8. The van der Waals surface area contributed by atoms with Crippen LogP contribution < -0.4 is 71.1 Å². The second kappa shape index (κ2) is 32.8. The number of ether oxygens (including phenoxy) is 18. The SMILES string of the molecule is CC(=O)Oc1cc(OC(C)=O)c2c(c1)O[C@H](c1ccc(OC(C)=O)c(OC(C)=O)c1)[C@@H](OC(C)=O)[C@H]2c1c(OC(C)=O)cc(OC(C)=O)c2c1O[C@H](c1ccc(OC(C)=O)c(OC(C)=O)c1)[C@@H](OC(C)=O)[C@H]2c1c(OC(C)=O)cc(OC(C)=O)c2c1O[C@@H](c1ccc(OC(C)=O)c(OC(C)=O)c1)[C@H](OC(C)=O)C2. The molecule has 8 atom stereocenters. The second-order valence-electron chi connectivity index (χ2n) is 24.3. The van der Waals surface area contributed by atoms with E-state index in [9.17, 15) is 71.9 Å². The molecule has 0 aromatic heterocycles. The van der Waals surface area contributed by atoms with Crippen molar-refractivity contribution in [2.75, 3.05) is 0 Å². The van der Waals surface area contributed by atoms with Crippen LogP contribution in [0.4, 0.5) is 0 Å². The molecule has 0 amide bonds. The van der Waals surface area contributed by atoms with Gasteiger partial charge in [0.25, 0.3) is 0 Å². The van der Waals surface area contributed by atoms with E-state index >= 15 is 0 Å². The van der Waals surface area contributed by atoms with Crippen LogP contribution in [0.15, 0.2) is 78.9 Å². The van der Waals surface area contributed by atoms with Gasteiger partial charge in [0.2, 0.25) is 0 Å². The van der Waals surface area contributed by atoms with Crippen LogP contribution in [0.5, 0.6) is 86.2 Å². The molecule has 0 spiro atoms. The van der Waals surface area contributed by atoms with E-state index in [1.54, 1.807) is 0 Å². The monoisotopic (exact) mass is 1500 g/mol. The molecule has 0 aliphatic carbocycles. The predicted octanol–water partition coefficient (Wildman–Crippen LogP) is 8.79. The number of fused-ring (bicyclic) bond motifs is 3. The van der Waals surface area contributed by atoms with Crippen LogP contribution >= 0.6 is 0 Å². The first-order valence-corrected chi connectivity index (χ1v) is 32.6. The van der Waals surface area contributed by atoms with Gasteiger partial charge in [0.05, 0.1) is 11.8 Å². The topological polar surface area (TPSA) is 422 Å². The third kappa shape index (κ3) is 18.5. The Balaban J connectivity index is 1.57. The maximum Gasteiger partial charge on any atom is 0.308 e. The fraction of sp³-hybridized carbons (Fsp3) is 0.320. The summed E-state index contributed by atoms with van der Waals surface area (Å²) in [6.45, 7) is 15.1. The van der Waals surface area contributed by atoms with E-state index in [4.69, 9.17) is 85.3 Å². The Morgan fingerprint density at radius 1 is 0.269 bits per heavy atom. The van der Waals surface area contributed by atoms with Crippen molar-refractivity contribution in [1.29, 1.82) is 0 Å². The van der Waals surface area contributed by atoms with Crippen LogP contribution in [0, 0.1) is 0 Å². The molecular formula is C75H68O33. The van der Waals surface area contributed by atoms with Gasteiger partial charge in [-0.25, -0.2) is 0 Å². The molecule has 0 fully saturated rings. The number of rotatable bonds is 20. The molecule has 3 aliphatic heterocycles. The molecule has 3 heterocycles. The number of hydrogen-bond acceptors (Lipinski definition) is 33. The lowest BCUT2D eigenvalue weighted by molar-refractivity contribution is -0.155. The Bertz CT molecular complexity index is 4790. The summed E-state index contributed by atoms with van der Waals surface area (Å²) in [5, 5.41) is 0. The molecule has 0 saturated carbocycles. The van der Waals surface area contributed by atoms with Crippen molar-refractivity contribution in [1.82, 2.24) is 0 Å². The number of esters is 15. The zero-order valence-corrected chi connectivity index (χ0v) is 60.3. The van der Waals surface area contributed by atoms with E-state index in [1.807, 2.05) is 0 Å². The van der Waals surface area contributed by atoms with E-state index in [-0.39, 0.29) is 56.6 Å². The number of carbonyl (C=O) groups excluding carboxylic acids is 15. The number of carbonyl (C=O) groups is 15. The lowest BCUT2D eigenvalue weighted by Crippen LogP contribution is -2.42. The molecule has 3 aliphatic rings. The van der Waals surface area contributed by atoms with Crippen molar-refractivity contribution in [2.45, 2.75) is 159 Å². The van der Waals surface area contributed by atoms with E-state index < -0.39 is 219 Å². The fourth-order valence-corrected chi connectivity index (χ4v) is 12.5. The van der Waals surface area contributed by atoms with Crippen molar-refractivity contribution in [3.8, 4) is 86.2 Å². The van der Waals surface area contributed by atoms with Crippen LogP contribution in [0.1, 0.15) is 179 Å². The minimum absolute atomic E-state index is 0.0239. The molecule has 0 radical (unpaired) electrons. The summed E-state index contributed by atoms with van der Waals surface area (Å²) in [4.78, 5) is 201. The van der Waals surface area contributed by atoms with Gasteiger partial charge in [-0.2, -0.15) is 0 Å². The van der Waals surface area contributed by atoms with E-state index in [0.29, 0.717) is 0 Å². The summed E-state index contributed by atoms with van der Waals surface area (Å²) in [7, 11) is 0. The Kier molecular flexibility index (Phi) is 24.0. The van der Waals surface area contributed by atoms with Gasteiger partial charge >= 0.3 is 89.5 Å². The average molecular weight is 1500 g/mol. The highest BCUT2D eigenvalue weighted by atomic mass is 16.6. The Labute approximate surface area is 612 Å². The number of hydrogen-bond donors (Lipinski definition) is 0. The van der Waals surface area contributed by atoms with Gasteiger partial charge < -0.3 is 85.3 Å². The molecule has 108 heavy (non-hydrogen) atoms. The van der Waals surface area contributed by atoms with E-state index in [1.165, 1.54) is 36.4 Å². The van der Waals surface area contributed by atoms with Crippen LogP contribution in [-0.2, 0) is 92.5 Å². The molecule has 0 N–H and O–H groups in total. The van der Waals surface area contributed by atoms with Gasteiger partial charge in [0.1, 0.15) is 57.8 Å². The van der Waals surface area contributed by atoms with Crippen molar-refractivity contribution in [3.05, 3.63) is 123 Å². The summed E-state index contributed by atoms with van der Waals surface area (Å²) in [6, 6.07) is 15.1. The minimum Gasteiger partial charge on any atom is -0.481 e. The summed E-state index contributed by atoms with van der Waals surface area (Å²) >= 11 is 0. The van der Waals surface area contributed by atoms with Crippen molar-refractivity contribution < 1.29 is 157 Å². The van der Waals surface area contributed by atoms with Crippen molar-refractivity contribution in [3.63, 3.8) is 0 Å². The molecule has 0 unspecified atom stereocenters. The molecule has 0 saturated heterocycles. The van der Waals surface area contributed by atoms with Crippen LogP contribution in [0.25, 0.3) is 0 Å². The van der Waals surface area contributed by atoms with Crippen LogP contribution in [0.3, 0.4) is 0 Å². The quantitative estimate of drug-likeness (QED) is 0.0391. The fourth-order valence-electron chi connectivity index (χ4n) is 12.5.